The monoisotopic (exact) mass is 202 g/mol. The van der Waals surface area contributed by atoms with Gasteiger partial charge in [-0.2, -0.15) is 5.57 Å². The third kappa shape index (κ3) is 37.9. The molecule has 0 saturated heterocycles. The first-order valence-corrected chi connectivity index (χ1v) is 5.83. The van der Waals surface area contributed by atoms with Crippen LogP contribution in [0.25, 0.3) is 0 Å². The van der Waals surface area contributed by atoms with Gasteiger partial charge in [-0.25, -0.2) is 11.6 Å². The Morgan fingerprint density at radius 2 is 1.45 bits per heavy atom. The van der Waals surface area contributed by atoms with Crippen LogP contribution in [0.5, 0.6) is 0 Å². The quantitative estimate of drug-likeness (QED) is 0.348. The minimum Gasteiger partial charge on any atom is -0.290 e. The van der Waals surface area contributed by atoms with E-state index in [-0.39, 0.29) is 21.7 Å². The maximum Gasteiger partial charge on any atom is 0.0213 e. The van der Waals surface area contributed by atoms with E-state index in [2.05, 4.69) is 13.1 Å². The molecule has 0 aromatic heterocycles. The summed E-state index contributed by atoms with van der Waals surface area (Å²) in [6, 6.07) is 0. The average Bonchev–Trinajstić information content (AvgIpc) is 1.62. The smallest absolute Gasteiger partial charge is 0.0213 e. The van der Waals surface area contributed by atoms with Crippen molar-refractivity contribution in [2.45, 2.75) is 33.9 Å². The zero-order chi connectivity index (χ0) is 8.57. The van der Waals surface area contributed by atoms with Gasteiger partial charge in [0.25, 0.3) is 0 Å². The second-order valence-electron chi connectivity index (χ2n) is 2.54. The molecule has 0 saturated carbocycles. The third-order valence-electron chi connectivity index (χ3n) is 0.516. The molecule has 0 bridgehead atoms. The molecule has 0 nitrogen and oxygen atoms in total. The second kappa shape index (κ2) is 13.0. The van der Waals surface area contributed by atoms with Gasteiger partial charge in [0, 0.05) is 31.2 Å². The van der Waals surface area contributed by atoms with Crippen molar-refractivity contribution in [3.8, 4) is 0 Å². The minimum atomic E-state index is 0. The number of hydrogen-bond donors (Lipinski definition) is 0. The van der Waals surface area contributed by atoms with Crippen molar-refractivity contribution in [1.29, 1.82) is 0 Å². The van der Waals surface area contributed by atoms with Crippen molar-refractivity contribution in [3.63, 3.8) is 0 Å². The first kappa shape index (κ1) is 17.5. The van der Waals surface area contributed by atoms with E-state index in [0.717, 1.165) is 15.1 Å². The second-order valence-corrected chi connectivity index (χ2v) is 3.70. The van der Waals surface area contributed by atoms with Gasteiger partial charge in [-0.3, -0.25) is 6.58 Å². The summed E-state index contributed by atoms with van der Waals surface area (Å²) in [7, 11) is 0.750. The first-order chi connectivity index (χ1) is 4.54. The Bertz CT molecular complexity index is 113. The molecule has 0 N–H and O–H groups in total. The molecule has 0 aliphatic carbocycles. The van der Waals surface area contributed by atoms with Gasteiger partial charge < -0.3 is 0 Å². The van der Waals surface area contributed by atoms with Crippen LogP contribution in [0, 0.1) is 6.58 Å². The van der Waals surface area contributed by atoms with Crippen molar-refractivity contribution in [1.82, 2.24) is 0 Å². The van der Waals surface area contributed by atoms with E-state index in [4.69, 9.17) is 6.58 Å². The fourth-order valence-electron chi connectivity index (χ4n) is 0.455. The molecule has 63 valence electrons. The van der Waals surface area contributed by atoms with Crippen LogP contribution in [-0.2, 0) is 21.7 Å². The van der Waals surface area contributed by atoms with Gasteiger partial charge in [0.2, 0.25) is 0 Å². The number of allylic oxidation sites excluding steroid dienone is 3. The SMILES string of the molecule is C[SiH]C.[CH-]=C(C)C=C(C)C.[Ti]. The topological polar surface area (TPSA) is 0 Å². The van der Waals surface area contributed by atoms with Gasteiger partial charge >= 0.3 is 0 Å². The Morgan fingerprint density at radius 3 is 1.45 bits per heavy atom. The molecule has 0 fully saturated rings. The summed E-state index contributed by atoms with van der Waals surface area (Å²) < 4.78 is 0. The van der Waals surface area contributed by atoms with Crippen LogP contribution in [0.1, 0.15) is 20.8 Å². The van der Waals surface area contributed by atoms with Gasteiger partial charge in [-0.1, -0.05) is 33.9 Å². The fraction of sp³-hybridized carbons (Fsp3) is 0.556. The third-order valence-corrected chi connectivity index (χ3v) is 0.516. The molecule has 0 unspecified atom stereocenters. The van der Waals surface area contributed by atoms with Gasteiger partial charge in [0.15, 0.2) is 0 Å². The summed E-state index contributed by atoms with van der Waals surface area (Å²) in [6.45, 7) is 15.7. The van der Waals surface area contributed by atoms with E-state index >= 15 is 0 Å². The van der Waals surface area contributed by atoms with Crippen molar-refractivity contribution in [2.24, 2.45) is 0 Å². The molecule has 0 aromatic carbocycles. The van der Waals surface area contributed by atoms with E-state index in [1.54, 1.807) is 0 Å². The zero-order valence-corrected chi connectivity index (χ0v) is 10.9. The van der Waals surface area contributed by atoms with Crippen LogP contribution in [0.4, 0.5) is 0 Å². The van der Waals surface area contributed by atoms with Crippen LogP contribution in [0.15, 0.2) is 17.2 Å². The normalized spacial score (nSPS) is 6.64. The number of hydrogen-bond acceptors (Lipinski definition) is 0. The molecule has 0 aliphatic rings. The summed E-state index contributed by atoms with van der Waals surface area (Å²) in [5, 5.41) is 0. The van der Waals surface area contributed by atoms with Crippen LogP contribution in [0.3, 0.4) is 0 Å². The minimum absolute atomic E-state index is 0. The predicted octanol–water partition coefficient (Wildman–Crippen LogP) is 2.85. The van der Waals surface area contributed by atoms with Crippen LogP contribution >= 0.6 is 0 Å². The molecular formula is C9H18SiTi-. The van der Waals surface area contributed by atoms with Crippen LogP contribution in [-0.4, -0.2) is 9.52 Å². The molecule has 0 rings (SSSR count). The Hall–Kier alpha value is 0.411. The molecule has 2 heteroatoms. The Morgan fingerprint density at radius 1 is 1.18 bits per heavy atom. The molecule has 0 spiro atoms. The van der Waals surface area contributed by atoms with Crippen molar-refractivity contribution < 1.29 is 21.7 Å². The molecule has 0 atom stereocenters. The molecule has 0 aliphatic heterocycles. The summed E-state index contributed by atoms with van der Waals surface area (Å²) in [4.78, 5) is 0. The standard InChI is InChI=1S/C7H11.C2H7Si.Ti/c1-6(2)5-7(3)4;1-3-2;/h1,5H,2-4H3;3H,1-2H3;/q-1;;. The van der Waals surface area contributed by atoms with Gasteiger partial charge in [-0.05, 0) is 0 Å². The Balaban J connectivity index is -0.000000140. The summed E-state index contributed by atoms with van der Waals surface area (Å²) >= 11 is 0. The van der Waals surface area contributed by atoms with Gasteiger partial charge in [0.05, 0.1) is 0 Å². The molecule has 11 heavy (non-hydrogen) atoms. The van der Waals surface area contributed by atoms with E-state index in [1.165, 1.54) is 5.57 Å². The first-order valence-electron chi connectivity index (χ1n) is 3.52. The largest absolute Gasteiger partial charge is 0.290 e. The maximum absolute atomic E-state index is 5.33. The van der Waals surface area contributed by atoms with Crippen LogP contribution < -0.4 is 0 Å². The van der Waals surface area contributed by atoms with Crippen LogP contribution in [0.2, 0.25) is 13.1 Å². The van der Waals surface area contributed by atoms with Crippen molar-refractivity contribution >= 4 is 9.52 Å². The zero-order valence-electron chi connectivity index (χ0n) is 8.23. The van der Waals surface area contributed by atoms with E-state index in [9.17, 15) is 0 Å². The number of rotatable bonds is 1. The molecule has 0 heterocycles. The van der Waals surface area contributed by atoms with Crippen molar-refractivity contribution in [3.05, 3.63) is 23.8 Å². The van der Waals surface area contributed by atoms with E-state index in [0.29, 0.717) is 0 Å². The summed E-state index contributed by atoms with van der Waals surface area (Å²) in [5.41, 5.74) is 2.13. The van der Waals surface area contributed by atoms with Crippen molar-refractivity contribution in [2.75, 3.05) is 0 Å². The Kier molecular flexibility index (Phi) is 20.7. The summed E-state index contributed by atoms with van der Waals surface area (Å²) in [6.07, 6.45) is 1.94. The summed E-state index contributed by atoms with van der Waals surface area (Å²) in [5.74, 6) is 0. The fourth-order valence-corrected chi connectivity index (χ4v) is 0.455. The molecular weight excluding hydrogens is 184 g/mol. The van der Waals surface area contributed by atoms with Gasteiger partial charge in [-0.15, -0.1) is 0 Å². The Labute approximate surface area is 88.9 Å². The van der Waals surface area contributed by atoms with E-state index in [1.807, 2.05) is 26.8 Å². The average molecular weight is 202 g/mol. The maximum atomic E-state index is 5.33. The van der Waals surface area contributed by atoms with E-state index < -0.39 is 0 Å². The predicted molar refractivity (Wildman–Crippen MR) is 51.8 cm³/mol. The molecule has 0 amide bonds. The molecule has 0 aromatic rings. The molecule has 1 radical (unpaired) electrons. The van der Waals surface area contributed by atoms with Gasteiger partial charge in [0.1, 0.15) is 0 Å².